The highest BCUT2D eigenvalue weighted by Crippen LogP contribution is 2.06. The van der Waals surface area contributed by atoms with Gasteiger partial charge in [0.1, 0.15) is 5.69 Å². The van der Waals surface area contributed by atoms with Gasteiger partial charge < -0.3 is 10.2 Å². The van der Waals surface area contributed by atoms with Crippen LogP contribution < -0.4 is 5.32 Å². The minimum atomic E-state index is -0.310. The fourth-order valence-corrected chi connectivity index (χ4v) is 1.76. The smallest absolute Gasteiger partial charge is 0.270 e. The summed E-state index contributed by atoms with van der Waals surface area (Å²) in [6.45, 7) is 4.07. The van der Waals surface area contributed by atoms with Crippen LogP contribution in [0.2, 0.25) is 0 Å². The van der Waals surface area contributed by atoms with Crippen molar-refractivity contribution in [1.82, 2.24) is 15.2 Å². The number of carbonyl (C=O) groups excluding carboxylic acids is 2. The second kappa shape index (κ2) is 6.26. The lowest BCUT2D eigenvalue weighted by atomic mass is 10.1. The zero-order valence-corrected chi connectivity index (χ0v) is 11.2. The van der Waals surface area contributed by atoms with E-state index >= 15 is 0 Å². The van der Waals surface area contributed by atoms with Crippen LogP contribution in [-0.4, -0.2) is 48.3 Å². The Morgan fingerprint density at radius 1 is 1.44 bits per heavy atom. The van der Waals surface area contributed by atoms with Crippen LogP contribution in [0.25, 0.3) is 0 Å². The van der Waals surface area contributed by atoms with E-state index in [0.29, 0.717) is 5.56 Å². The molecule has 1 aromatic rings. The van der Waals surface area contributed by atoms with Crippen molar-refractivity contribution in [3.8, 4) is 0 Å². The standard InChI is InChI=1S/C13H19N3O2/c1-9(8-16(3)4)15-13(18)12-11(10(2)17)6-5-7-14-12/h5-7,9H,8H2,1-4H3,(H,15,18). The van der Waals surface area contributed by atoms with E-state index in [1.807, 2.05) is 25.9 Å². The maximum absolute atomic E-state index is 12.0. The van der Waals surface area contributed by atoms with E-state index in [0.717, 1.165) is 6.54 Å². The predicted molar refractivity (Wildman–Crippen MR) is 69.7 cm³/mol. The lowest BCUT2D eigenvalue weighted by Gasteiger charge is -2.18. The molecule has 1 atom stereocenters. The Morgan fingerprint density at radius 3 is 2.67 bits per heavy atom. The van der Waals surface area contributed by atoms with Crippen molar-refractivity contribution in [2.24, 2.45) is 0 Å². The van der Waals surface area contributed by atoms with Crippen LogP contribution in [-0.2, 0) is 0 Å². The van der Waals surface area contributed by atoms with E-state index in [9.17, 15) is 9.59 Å². The number of hydrogen-bond donors (Lipinski definition) is 1. The van der Waals surface area contributed by atoms with E-state index in [1.165, 1.54) is 13.1 Å². The minimum Gasteiger partial charge on any atom is -0.347 e. The summed E-state index contributed by atoms with van der Waals surface area (Å²) in [7, 11) is 3.87. The summed E-state index contributed by atoms with van der Waals surface area (Å²) in [5.41, 5.74) is 0.544. The number of pyridine rings is 1. The number of rotatable bonds is 5. The third-order valence-corrected chi connectivity index (χ3v) is 2.42. The average molecular weight is 249 g/mol. The lowest BCUT2D eigenvalue weighted by Crippen LogP contribution is -2.40. The number of carbonyl (C=O) groups is 2. The predicted octanol–water partition coefficient (Wildman–Crippen LogP) is 0.964. The van der Waals surface area contributed by atoms with Crippen molar-refractivity contribution < 1.29 is 9.59 Å². The molecule has 1 unspecified atom stereocenters. The zero-order valence-electron chi connectivity index (χ0n) is 11.2. The van der Waals surface area contributed by atoms with Gasteiger partial charge in [-0.1, -0.05) is 0 Å². The fraction of sp³-hybridized carbons (Fsp3) is 0.462. The molecule has 0 aliphatic heterocycles. The molecule has 0 saturated heterocycles. The van der Waals surface area contributed by atoms with Gasteiger partial charge in [0.25, 0.3) is 5.91 Å². The molecule has 0 radical (unpaired) electrons. The summed E-state index contributed by atoms with van der Waals surface area (Å²) in [6.07, 6.45) is 1.51. The molecular formula is C13H19N3O2. The topological polar surface area (TPSA) is 62.3 Å². The van der Waals surface area contributed by atoms with Crippen molar-refractivity contribution in [1.29, 1.82) is 0 Å². The molecule has 18 heavy (non-hydrogen) atoms. The van der Waals surface area contributed by atoms with E-state index in [-0.39, 0.29) is 23.4 Å². The summed E-state index contributed by atoms with van der Waals surface area (Å²) in [4.78, 5) is 29.4. The quantitative estimate of drug-likeness (QED) is 0.790. The van der Waals surface area contributed by atoms with Gasteiger partial charge in [-0.2, -0.15) is 0 Å². The normalized spacial score (nSPS) is 12.3. The molecule has 5 nitrogen and oxygen atoms in total. The summed E-state index contributed by atoms with van der Waals surface area (Å²) in [6, 6.07) is 3.26. The van der Waals surface area contributed by atoms with E-state index < -0.39 is 0 Å². The first-order chi connectivity index (χ1) is 8.41. The molecule has 0 aromatic carbocycles. The summed E-state index contributed by atoms with van der Waals surface area (Å²) in [5, 5.41) is 2.83. The molecule has 0 spiro atoms. The first-order valence-electron chi connectivity index (χ1n) is 5.83. The highest BCUT2D eigenvalue weighted by Gasteiger charge is 2.17. The molecule has 1 heterocycles. The summed E-state index contributed by atoms with van der Waals surface area (Å²) in [5.74, 6) is -0.469. The molecule has 0 fully saturated rings. The molecule has 5 heteroatoms. The third-order valence-electron chi connectivity index (χ3n) is 2.42. The molecule has 98 valence electrons. The van der Waals surface area contributed by atoms with Crippen LogP contribution >= 0.6 is 0 Å². The number of ketones is 1. The monoisotopic (exact) mass is 249 g/mol. The Bertz CT molecular complexity index is 444. The van der Waals surface area contributed by atoms with Crippen LogP contribution in [0.4, 0.5) is 0 Å². The number of amides is 1. The number of Topliss-reactive ketones (excluding diaryl/α,β-unsaturated/α-hetero) is 1. The Kier molecular flexibility index (Phi) is 4.97. The van der Waals surface area contributed by atoms with Gasteiger partial charge in [-0.05, 0) is 40.1 Å². The molecular weight excluding hydrogens is 230 g/mol. The molecule has 0 saturated carbocycles. The van der Waals surface area contributed by atoms with Crippen molar-refractivity contribution in [3.05, 3.63) is 29.6 Å². The largest absolute Gasteiger partial charge is 0.347 e. The van der Waals surface area contributed by atoms with Gasteiger partial charge in [-0.25, -0.2) is 0 Å². The Labute approximate surface area is 107 Å². The molecule has 0 aliphatic rings. The van der Waals surface area contributed by atoms with Crippen molar-refractivity contribution in [3.63, 3.8) is 0 Å². The van der Waals surface area contributed by atoms with E-state index in [4.69, 9.17) is 0 Å². The van der Waals surface area contributed by atoms with Crippen LogP contribution in [0, 0.1) is 0 Å². The SMILES string of the molecule is CC(=O)c1cccnc1C(=O)NC(C)CN(C)C. The fourth-order valence-electron chi connectivity index (χ4n) is 1.76. The average Bonchev–Trinajstić information content (AvgIpc) is 2.27. The highest BCUT2D eigenvalue weighted by atomic mass is 16.2. The molecule has 0 bridgehead atoms. The van der Waals surface area contributed by atoms with Gasteiger partial charge in [0, 0.05) is 24.3 Å². The van der Waals surface area contributed by atoms with Crippen LogP contribution in [0.1, 0.15) is 34.7 Å². The third kappa shape index (κ3) is 3.92. The number of likely N-dealkylation sites (N-methyl/N-ethyl adjacent to an activating group) is 1. The second-order valence-corrected chi connectivity index (χ2v) is 4.59. The Hall–Kier alpha value is -1.75. The minimum absolute atomic E-state index is 0.00526. The number of nitrogens with zero attached hydrogens (tertiary/aromatic N) is 2. The van der Waals surface area contributed by atoms with E-state index in [2.05, 4.69) is 10.3 Å². The molecule has 1 N–H and O–H groups in total. The van der Waals surface area contributed by atoms with Gasteiger partial charge in [-0.15, -0.1) is 0 Å². The Morgan fingerprint density at radius 2 is 2.11 bits per heavy atom. The Balaban J connectivity index is 2.81. The maximum Gasteiger partial charge on any atom is 0.270 e. The van der Waals surface area contributed by atoms with Gasteiger partial charge in [0.2, 0.25) is 0 Å². The number of nitrogens with one attached hydrogen (secondary N) is 1. The zero-order chi connectivity index (χ0) is 13.7. The van der Waals surface area contributed by atoms with Crippen LogP contribution in [0.15, 0.2) is 18.3 Å². The van der Waals surface area contributed by atoms with Gasteiger partial charge in [0.15, 0.2) is 5.78 Å². The molecule has 1 aromatic heterocycles. The van der Waals surface area contributed by atoms with Gasteiger partial charge in [0.05, 0.1) is 0 Å². The summed E-state index contributed by atoms with van der Waals surface area (Å²) >= 11 is 0. The lowest BCUT2D eigenvalue weighted by molar-refractivity contribution is 0.0916. The van der Waals surface area contributed by atoms with Crippen molar-refractivity contribution >= 4 is 11.7 Å². The van der Waals surface area contributed by atoms with Gasteiger partial charge >= 0.3 is 0 Å². The van der Waals surface area contributed by atoms with Crippen LogP contribution in [0.5, 0.6) is 0 Å². The maximum atomic E-state index is 12.0. The first kappa shape index (κ1) is 14.3. The number of aromatic nitrogens is 1. The second-order valence-electron chi connectivity index (χ2n) is 4.59. The van der Waals surface area contributed by atoms with Gasteiger partial charge in [-0.3, -0.25) is 14.6 Å². The number of hydrogen-bond acceptors (Lipinski definition) is 4. The molecule has 0 aliphatic carbocycles. The van der Waals surface area contributed by atoms with Crippen LogP contribution in [0.3, 0.4) is 0 Å². The molecule has 1 amide bonds. The highest BCUT2D eigenvalue weighted by molar-refractivity contribution is 6.05. The van der Waals surface area contributed by atoms with Crippen molar-refractivity contribution in [2.75, 3.05) is 20.6 Å². The van der Waals surface area contributed by atoms with Crippen molar-refractivity contribution in [2.45, 2.75) is 19.9 Å². The first-order valence-corrected chi connectivity index (χ1v) is 5.83. The van der Waals surface area contributed by atoms with E-state index in [1.54, 1.807) is 12.1 Å². The molecule has 1 rings (SSSR count). The summed E-state index contributed by atoms with van der Waals surface area (Å²) < 4.78 is 0.